The van der Waals surface area contributed by atoms with Gasteiger partial charge >= 0.3 is 5.97 Å². The van der Waals surface area contributed by atoms with Gasteiger partial charge in [-0.15, -0.1) is 11.3 Å². The van der Waals surface area contributed by atoms with Gasteiger partial charge in [-0.1, -0.05) is 39.8 Å². The largest absolute Gasteiger partial charge is 0.484 e. The monoisotopic (exact) mass is 403 g/mol. The summed E-state index contributed by atoms with van der Waals surface area (Å²) >= 11 is 1.39. The summed E-state index contributed by atoms with van der Waals surface area (Å²) in [6.45, 7) is 12.3. The Morgan fingerprint density at radius 2 is 1.75 bits per heavy atom. The van der Waals surface area contributed by atoms with E-state index >= 15 is 0 Å². The first kappa shape index (κ1) is 22.0. The first-order chi connectivity index (χ1) is 13.2. The molecule has 28 heavy (non-hydrogen) atoms. The molecule has 5 nitrogen and oxygen atoms in total. The fourth-order valence-electron chi connectivity index (χ4n) is 2.87. The van der Waals surface area contributed by atoms with Crippen LogP contribution in [0.4, 0.5) is 5.00 Å². The number of aryl methyl sites for hydroxylation is 1. The molecule has 0 fully saturated rings. The first-order valence-corrected chi connectivity index (χ1v) is 10.3. The van der Waals surface area contributed by atoms with E-state index < -0.39 is 5.97 Å². The minimum atomic E-state index is -0.405. The Balaban J connectivity index is 2.06. The highest BCUT2D eigenvalue weighted by atomic mass is 32.1. The Labute approximate surface area is 171 Å². The van der Waals surface area contributed by atoms with E-state index in [0.717, 1.165) is 10.4 Å². The number of amides is 1. The van der Waals surface area contributed by atoms with Gasteiger partial charge in [-0.3, -0.25) is 4.79 Å². The number of esters is 1. The molecule has 0 atom stereocenters. The lowest BCUT2D eigenvalue weighted by Crippen LogP contribution is -2.21. The maximum atomic E-state index is 12.4. The Morgan fingerprint density at radius 3 is 2.29 bits per heavy atom. The summed E-state index contributed by atoms with van der Waals surface area (Å²) in [5.41, 5.74) is 2.63. The van der Waals surface area contributed by atoms with Crippen molar-refractivity contribution < 1.29 is 19.1 Å². The SMILES string of the molecule is CCOC(=O)c1c(NC(=O)COc2ccc(C(C)(C)C)cc2)sc(C)c1CC. The van der Waals surface area contributed by atoms with Crippen LogP contribution in [0.15, 0.2) is 24.3 Å². The van der Waals surface area contributed by atoms with Crippen LogP contribution < -0.4 is 10.1 Å². The number of thiophene rings is 1. The van der Waals surface area contributed by atoms with E-state index in [0.29, 0.717) is 22.7 Å². The number of ether oxygens (including phenoxy) is 2. The summed E-state index contributed by atoms with van der Waals surface area (Å²) in [7, 11) is 0. The molecular formula is C22H29NO4S. The van der Waals surface area contributed by atoms with Crippen molar-refractivity contribution in [2.24, 2.45) is 0 Å². The summed E-state index contributed by atoms with van der Waals surface area (Å²) in [5, 5.41) is 3.32. The Hall–Kier alpha value is -2.34. The van der Waals surface area contributed by atoms with Crippen LogP contribution in [0, 0.1) is 6.92 Å². The Kier molecular flexibility index (Phi) is 7.24. The lowest BCUT2D eigenvalue weighted by atomic mass is 9.87. The second-order valence-corrected chi connectivity index (χ2v) is 8.75. The lowest BCUT2D eigenvalue weighted by molar-refractivity contribution is -0.118. The van der Waals surface area contributed by atoms with Gasteiger partial charge in [0.15, 0.2) is 6.61 Å². The van der Waals surface area contributed by atoms with Crippen LogP contribution in [0.25, 0.3) is 0 Å². The highest BCUT2D eigenvalue weighted by Crippen LogP contribution is 2.34. The number of carbonyl (C=O) groups excluding carboxylic acids is 2. The molecule has 1 aromatic heterocycles. The van der Waals surface area contributed by atoms with Crippen molar-refractivity contribution in [2.45, 2.75) is 53.4 Å². The molecule has 1 heterocycles. The van der Waals surface area contributed by atoms with Crippen molar-refractivity contribution >= 4 is 28.2 Å². The maximum Gasteiger partial charge on any atom is 0.341 e. The number of benzene rings is 1. The van der Waals surface area contributed by atoms with E-state index in [-0.39, 0.29) is 24.5 Å². The van der Waals surface area contributed by atoms with Gasteiger partial charge in [0.25, 0.3) is 5.91 Å². The number of anilines is 1. The molecule has 152 valence electrons. The molecule has 0 aliphatic rings. The molecule has 6 heteroatoms. The summed E-state index contributed by atoms with van der Waals surface area (Å²) in [6, 6.07) is 7.73. The average Bonchev–Trinajstić information content (AvgIpc) is 2.94. The van der Waals surface area contributed by atoms with Crippen LogP contribution in [-0.4, -0.2) is 25.1 Å². The van der Waals surface area contributed by atoms with E-state index in [1.807, 2.05) is 38.1 Å². The molecular weight excluding hydrogens is 374 g/mol. The number of hydrogen-bond acceptors (Lipinski definition) is 5. The normalized spacial score (nSPS) is 11.2. The zero-order valence-corrected chi connectivity index (χ0v) is 18.3. The Morgan fingerprint density at radius 1 is 1.11 bits per heavy atom. The van der Waals surface area contributed by atoms with Crippen LogP contribution in [-0.2, 0) is 21.4 Å². The summed E-state index contributed by atoms with van der Waals surface area (Å²) < 4.78 is 10.8. The second kappa shape index (κ2) is 9.24. The predicted octanol–water partition coefficient (Wildman–Crippen LogP) is 5.11. The van der Waals surface area contributed by atoms with Crippen LogP contribution >= 0.6 is 11.3 Å². The quantitative estimate of drug-likeness (QED) is 0.653. The molecule has 0 unspecified atom stereocenters. The summed E-state index contributed by atoms with van der Waals surface area (Å²) in [6.07, 6.45) is 0.697. The molecule has 0 aliphatic heterocycles. The summed E-state index contributed by atoms with van der Waals surface area (Å²) in [5.74, 6) is -0.0857. The van der Waals surface area contributed by atoms with Crippen LogP contribution in [0.3, 0.4) is 0 Å². The molecule has 0 bridgehead atoms. The van der Waals surface area contributed by atoms with Crippen LogP contribution in [0.2, 0.25) is 0 Å². The minimum Gasteiger partial charge on any atom is -0.484 e. The molecule has 0 radical (unpaired) electrons. The van der Waals surface area contributed by atoms with Gasteiger partial charge in [0.1, 0.15) is 10.8 Å². The number of nitrogens with one attached hydrogen (secondary N) is 1. The zero-order chi connectivity index (χ0) is 20.9. The van der Waals surface area contributed by atoms with Gasteiger partial charge in [-0.2, -0.15) is 0 Å². The van der Waals surface area contributed by atoms with Crippen molar-refractivity contribution in [2.75, 3.05) is 18.5 Å². The third-order valence-corrected chi connectivity index (χ3v) is 5.45. The zero-order valence-electron chi connectivity index (χ0n) is 17.5. The van der Waals surface area contributed by atoms with E-state index in [1.54, 1.807) is 6.92 Å². The fraction of sp³-hybridized carbons (Fsp3) is 0.455. The van der Waals surface area contributed by atoms with Crippen molar-refractivity contribution in [1.29, 1.82) is 0 Å². The van der Waals surface area contributed by atoms with Crippen molar-refractivity contribution in [3.8, 4) is 5.75 Å². The predicted molar refractivity (Wildman–Crippen MR) is 114 cm³/mol. The molecule has 0 spiro atoms. The van der Waals surface area contributed by atoms with E-state index in [1.165, 1.54) is 16.9 Å². The van der Waals surface area contributed by atoms with Gasteiger partial charge in [-0.05, 0) is 48.9 Å². The standard InChI is InChI=1S/C22H29NO4S/c1-7-17-14(3)28-20(19(17)21(25)26-8-2)23-18(24)13-27-16-11-9-15(10-12-16)22(4,5)6/h9-12H,7-8,13H2,1-6H3,(H,23,24). The highest BCUT2D eigenvalue weighted by molar-refractivity contribution is 7.16. The van der Waals surface area contributed by atoms with Crippen molar-refractivity contribution in [3.05, 3.63) is 45.8 Å². The molecule has 2 aromatic rings. The fourth-order valence-corrected chi connectivity index (χ4v) is 4.02. The van der Waals surface area contributed by atoms with Crippen LogP contribution in [0.1, 0.15) is 61.0 Å². The summed E-state index contributed by atoms with van der Waals surface area (Å²) in [4.78, 5) is 25.7. The minimum absolute atomic E-state index is 0.0629. The third kappa shape index (κ3) is 5.35. The molecule has 0 saturated carbocycles. The molecule has 1 aromatic carbocycles. The first-order valence-electron chi connectivity index (χ1n) is 9.49. The van der Waals surface area contributed by atoms with Crippen molar-refractivity contribution in [1.82, 2.24) is 0 Å². The number of carbonyl (C=O) groups is 2. The highest BCUT2D eigenvalue weighted by Gasteiger charge is 2.23. The molecule has 2 rings (SSSR count). The molecule has 0 aliphatic carbocycles. The lowest BCUT2D eigenvalue weighted by Gasteiger charge is -2.19. The smallest absolute Gasteiger partial charge is 0.341 e. The average molecular weight is 404 g/mol. The third-order valence-electron chi connectivity index (χ3n) is 4.39. The van der Waals surface area contributed by atoms with E-state index in [2.05, 4.69) is 26.1 Å². The number of hydrogen-bond donors (Lipinski definition) is 1. The van der Waals surface area contributed by atoms with E-state index in [9.17, 15) is 9.59 Å². The second-order valence-electron chi connectivity index (χ2n) is 7.53. The Bertz CT molecular complexity index is 831. The van der Waals surface area contributed by atoms with Gasteiger partial charge in [-0.25, -0.2) is 4.79 Å². The van der Waals surface area contributed by atoms with Gasteiger partial charge in [0, 0.05) is 4.88 Å². The number of rotatable bonds is 7. The van der Waals surface area contributed by atoms with Crippen molar-refractivity contribution in [3.63, 3.8) is 0 Å². The van der Waals surface area contributed by atoms with Crippen LogP contribution in [0.5, 0.6) is 5.75 Å². The topological polar surface area (TPSA) is 64.6 Å². The molecule has 1 amide bonds. The maximum absolute atomic E-state index is 12.4. The molecule has 1 N–H and O–H groups in total. The van der Waals surface area contributed by atoms with Gasteiger partial charge in [0.05, 0.1) is 12.2 Å². The van der Waals surface area contributed by atoms with Gasteiger partial charge in [0.2, 0.25) is 0 Å². The molecule has 0 saturated heterocycles. The van der Waals surface area contributed by atoms with Gasteiger partial charge < -0.3 is 14.8 Å². The van der Waals surface area contributed by atoms with E-state index in [4.69, 9.17) is 9.47 Å².